The van der Waals surface area contributed by atoms with Gasteiger partial charge in [-0.2, -0.15) is 0 Å². The lowest BCUT2D eigenvalue weighted by Crippen LogP contribution is -2.09. The van der Waals surface area contributed by atoms with Gasteiger partial charge in [0.15, 0.2) is 0 Å². The molecule has 1 rings (SSSR count). The van der Waals surface area contributed by atoms with Gasteiger partial charge in [-0.05, 0) is 12.1 Å². The Kier molecular flexibility index (Phi) is 3.99. The van der Waals surface area contributed by atoms with Gasteiger partial charge in [0, 0.05) is 6.20 Å². The number of anilines is 1. The zero-order valence-electron chi connectivity index (χ0n) is 6.39. The van der Waals surface area contributed by atoms with Gasteiger partial charge in [-0.25, -0.2) is 8.42 Å². The smallest absolute Gasteiger partial charge is 0.229 e. The summed E-state index contributed by atoms with van der Waals surface area (Å²) in [6.45, 7) is 0. The van der Waals surface area contributed by atoms with E-state index >= 15 is 0 Å². The van der Waals surface area contributed by atoms with Gasteiger partial charge in [0.25, 0.3) is 0 Å². The lowest BCUT2D eigenvalue weighted by atomic mass is 10.4. The van der Waals surface area contributed by atoms with Crippen molar-refractivity contribution in [2.24, 2.45) is 0 Å². The zero-order valence-corrected chi connectivity index (χ0v) is 8.02. The first-order valence-electron chi connectivity index (χ1n) is 2.96. The molecule has 4 nitrogen and oxygen atoms in total. The summed E-state index contributed by atoms with van der Waals surface area (Å²) in [5.41, 5.74) is 0.481. The Labute approximate surface area is 77.5 Å². The monoisotopic (exact) mass is 208 g/mol. The molecule has 0 unspecified atom stereocenters. The Hall–Kier alpha value is -0.810. The lowest BCUT2D eigenvalue weighted by Gasteiger charge is -2.00. The third-order valence-corrected chi connectivity index (χ3v) is 1.57. The van der Waals surface area contributed by atoms with Crippen LogP contribution < -0.4 is 4.72 Å². The quantitative estimate of drug-likeness (QED) is 0.785. The molecule has 1 aromatic rings. The van der Waals surface area contributed by atoms with E-state index < -0.39 is 10.0 Å². The minimum atomic E-state index is -3.17. The summed E-state index contributed by atoms with van der Waals surface area (Å²) in [6, 6.07) is 3.29. The number of rotatable bonds is 2. The number of halogens is 1. The molecule has 0 aliphatic carbocycles. The summed E-state index contributed by atoms with van der Waals surface area (Å²) in [5, 5.41) is 0. The summed E-state index contributed by atoms with van der Waals surface area (Å²) in [5.74, 6) is 0. The number of aromatic nitrogens is 1. The highest BCUT2D eigenvalue weighted by Gasteiger charge is 1.99. The predicted molar refractivity (Wildman–Crippen MR) is 50.0 cm³/mol. The Morgan fingerprint density at radius 2 is 2.17 bits per heavy atom. The number of nitrogens with one attached hydrogen (secondary N) is 1. The van der Waals surface area contributed by atoms with Crippen LogP contribution in [0.2, 0.25) is 0 Å². The molecule has 1 aromatic heterocycles. The standard InChI is InChI=1S/C6H8N2O2S.ClH/c1-11(9,10)8-6-3-2-4-7-5-6;/h2-5,8H,1H3;1H. The SMILES string of the molecule is CS(=O)(=O)Nc1cccnc1.Cl. The highest BCUT2D eigenvalue weighted by atomic mass is 35.5. The van der Waals surface area contributed by atoms with Gasteiger partial charge < -0.3 is 0 Å². The Morgan fingerprint density at radius 3 is 2.58 bits per heavy atom. The van der Waals surface area contributed by atoms with Crippen molar-refractivity contribution < 1.29 is 8.42 Å². The van der Waals surface area contributed by atoms with E-state index in [9.17, 15) is 8.42 Å². The van der Waals surface area contributed by atoms with Crippen molar-refractivity contribution in [1.82, 2.24) is 4.98 Å². The molecule has 0 aromatic carbocycles. The molecule has 0 saturated carbocycles. The van der Waals surface area contributed by atoms with Gasteiger partial charge in [0.1, 0.15) is 0 Å². The maximum atomic E-state index is 10.7. The summed E-state index contributed by atoms with van der Waals surface area (Å²) in [4.78, 5) is 3.74. The van der Waals surface area contributed by atoms with Gasteiger partial charge in [0.05, 0.1) is 18.1 Å². The van der Waals surface area contributed by atoms with Crippen molar-refractivity contribution in [3.8, 4) is 0 Å². The van der Waals surface area contributed by atoms with E-state index in [1.807, 2.05) is 0 Å². The van der Waals surface area contributed by atoms with Gasteiger partial charge in [0.2, 0.25) is 10.0 Å². The minimum absolute atomic E-state index is 0. The Morgan fingerprint density at radius 1 is 1.50 bits per heavy atom. The van der Waals surface area contributed by atoms with E-state index in [1.165, 1.54) is 6.20 Å². The lowest BCUT2D eigenvalue weighted by molar-refractivity contribution is 0.607. The number of pyridine rings is 1. The molecule has 0 atom stereocenters. The van der Waals surface area contributed by atoms with Crippen LogP contribution >= 0.6 is 12.4 Å². The molecule has 6 heteroatoms. The fraction of sp³-hybridized carbons (Fsp3) is 0.167. The fourth-order valence-corrected chi connectivity index (χ4v) is 1.19. The van der Waals surface area contributed by atoms with E-state index in [2.05, 4.69) is 9.71 Å². The molecule has 0 bridgehead atoms. The van der Waals surface area contributed by atoms with Crippen LogP contribution in [0.4, 0.5) is 5.69 Å². The molecular weight excluding hydrogens is 200 g/mol. The molecule has 0 aliphatic rings. The first-order valence-corrected chi connectivity index (χ1v) is 4.85. The summed E-state index contributed by atoms with van der Waals surface area (Å²) >= 11 is 0. The van der Waals surface area contributed by atoms with Crippen molar-refractivity contribution in [2.75, 3.05) is 11.0 Å². The second kappa shape index (κ2) is 4.27. The van der Waals surface area contributed by atoms with Crippen molar-refractivity contribution in [3.05, 3.63) is 24.5 Å². The van der Waals surface area contributed by atoms with Crippen LogP contribution in [0.5, 0.6) is 0 Å². The van der Waals surface area contributed by atoms with Crippen LogP contribution in [-0.4, -0.2) is 19.7 Å². The third kappa shape index (κ3) is 4.15. The topological polar surface area (TPSA) is 59.1 Å². The number of hydrogen-bond acceptors (Lipinski definition) is 3. The van der Waals surface area contributed by atoms with Crippen LogP contribution in [0.25, 0.3) is 0 Å². The molecule has 0 radical (unpaired) electrons. The molecule has 0 spiro atoms. The van der Waals surface area contributed by atoms with Crippen molar-refractivity contribution >= 4 is 28.1 Å². The maximum absolute atomic E-state index is 10.7. The molecule has 12 heavy (non-hydrogen) atoms. The van der Waals surface area contributed by atoms with Crippen LogP contribution in [-0.2, 0) is 10.0 Å². The number of nitrogens with zero attached hydrogens (tertiary/aromatic N) is 1. The van der Waals surface area contributed by atoms with Crippen molar-refractivity contribution in [2.45, 2.75) is 0 Å². The van der Waals surface area contributed by atoms with Crippen LogP contribution in [0.15, 0.2) is 24.5 Å². The van der Waals surface area contributed by atoms with E-state index in [4.69, 9.17) is 0 Å². The van der Waals surface area contributed by atoms with Crippen LogP contribution in [0, 0.1) is 0 Å². The van der Waals surface area contributed by atoms with E-state index in [1.54, 1.807) is 18.3 Å². The summed E-state index contributed by atoms with van der Waals surface area (Å²) < 4.78 is 23.6. The first-order chi connectivity index (χ1) is 5.08. The highest BCUT2D eigenvalue weighted by molar-refractivity contribution is 7.92. The highest BCUT2D eigenvalue weighted by Crippen LogP contribution is 2.03. The normalized spacial score (nSPS) is 10.1. The molecule has 1 N–H and O–H groups in total. The van der Waals surface area contributed by atoms with Gasteiger partial charge >= 0.3 is 0 Å². The molecule has 0 saturated heterocycles. The number of hydrogen-bond donors (Lipinski definition) is 1. The second-order valence-corrected chi connectivity index (χ2v) is 3.86. The Balaban J connectivity index is 0.00000121. The molecular formula is C6H9ClN2O2S. The molecule has 0 aliphatic heterocycles. The van der Waals surface area contributed by atoms with Crippen molar-refractivity contribution in [1.29, 1.82) is 0 Å². The zero-order chi connectivity index (χ0) is 8.32. The van der Waals surface area contributed by atoms with Crippen LogP contribution in [0.1, 0.15) is 0 Å². The van der Waals surface area contributed by atoms with Crippen LogP contribution in [0.3, 0.4) is 0 Å². The largest absolute Gasteiger partial charge is 0.282 e. The second-order valence-electron chi connectivity index (χ2n) is 2.12. The van der Waals surface area contributed by atoms with E-state index in [0.29, 0.717) is 5.69 Å². The summed E-state index contributed by atoms with van der Waals surface area (Å²) in [7, 11) is -3.17. The first kappa shape index (κ1) is 11.2. The molecule has 0 amide bonds. The molecule has 1 heterocycles. The van der Waals surface area contributed by atoms with Gasteiger partial charge in [-0.3, -0.25) is 9.71 Å². The average molecular weight is 209 g/mol. The fourth-order valence-electron chi connectivity index (χ4n) is 0.637. The minimum Gasteiger partial charge on any atom is -0.282 e. The summed E-state index contributed by atoms with van der Waals surface area (Å²) in [6.07, 6.45) is 4.12. The number of sulfonamides is 1. The van der Waals surface area contributed by atoms with E-state index in [0.717, 1.165) is 6.26 Å². The van der Waals surface area contributed by atoms with E-state index in [-0.39, 0.29) is 12.4 Å². The molecule has 68 valence electrons. The predicted octanol–water partition coefficient (Wildman–Crippen LogP) is 0.875. The average Bonchev–Trinajstić information content (AvgIpc) is 1.85. The van der Waals surface area contributed by atoms with Gasteiger partial charge in [-0.15, -0.1) is 12.4 Å². The maximum Gasteiger partial charge on any atom is 0.229 e. The van der Waals surface area contributed by atoms with Crippen molar-refractivity contribution in [3.63, 3.8) is 0 Å². The Bertz CT molecular complexity index is 325. The van der Waals surface area contributed by atoms with Gasteiger partial charge in [-0.1, -0.05) is 0 Å². The molecule has 0 fully saturated rings. The third-order valence-electron chi connectivity index (χ3n) is 0.965.